The molecule has 2 amide bonds. The number of nitrogens with zero attached hydrogens (tertiary/aromatic N) is 5. The van der Waals surface area contributed by atoms with E-state index >= 15 is 4.39 Å². The van der Waals surface area contributed by atoms with Crippen LogP contribution in [0, 0.1) is 18.2 Å². The van der Waals surface area contributed by atoms with Crippen LogP contribution in [0.15, 0.2) is 27.4 Å². The molecule has 1 saturated carbocycles. The zero-order valence-corrected chi connectivity index (χ0v) is 31.6. The van der Waals surface area contributed by atoms with Crippen molar-refractivity contribution in [3.8, 4) is 0 Å². The maximum atomic E-state index is 15.7. The lowest BCUT2D eigenvalue weighted by Crippen LogP contribution is -2.63. The lowest BCUT2D eigenvalue weighted by molar-refractivity contribution is -0.00859. The molecular formula is C36H44ClFN6O7S. The Balaban J connectivity index is 1.13. The van der Waals surface area contributed by atoms with Crippen LogP contribution in [0.5, 0.6) is 0 Å². The monoisotopic (exact) mass is 758 g/mol. The molecule has 4 aliphatic rings. The maximum Gasteiger partial charge on any atom is 0.341 e. The molecule has 0 bridgehead atoms. The van der Waals surface area contributed by atoms with Gasteiger partial charge in [-0.05, 0) is 62.4 Å². The molecule has 4 heterocycles. The van der Waals surface area contributed by atoms with Gasteiger partial charge in [-0.3, -0.25) is 14.5 Å². The highest BCUT2D eigenvalue weighted by molar-refractivity contribution is 7.87. The molecule has 1 spiro atoms. The fourth-order valence-corrected chi connectivity index (χ4v) is 9.76. The van der Waals surface area contributed by atoms with E-state index in [0.717, 1.165) is 56.2 Å². The quantitative estimate of drug-likeness (QED) is 0.341. The Morgan fingerprint density at radius 2 is 1.85 bits per heavy atom. The predicted molar refractivity (Wildman–Crippen MR) is 196 cm³/mol. The first-order valence-electron chi connectivity index (χ1n) is 17.5. The lowest BCUT2D eigenvalue weighted by Gasteiger charge is -2.54. The van der Waals surface area contributed by atoms with Crippen molar-refractivity contribution in [3.63, 3.8) is 0 Å². The standard InChI is InChI=1S/C36H44ClFN6O7S/c1-21-29(42-12-11-41(4)22(16-42)18-50-5)15-27(37)31-23-7-10-43(17-26(23)35(47)51-32(21)31)34(46)24-14-30(40(2)3)25(13-28(24)38)33(45)39-52(48,49)44-19-36(20-44)8-6-9-36/h13-15,22H,6-12,16-20H2,1-5H3,(H,39,45)/t22-/m1/s1. The summed E-state index contributed by atoms with van der Waals surface area (Å²) in [6.07, 6.45) is 3.27. The van der Waals surface area contributed by atoms with Crippen LogP contribution in [0.2, 0.25) is 5.02 Å². The molecule has 1 aromatic heterocycles. The highest BCUT2D eigenvalue weighted by Crippen LogP contribution is 2.49. The van der Waals surface area contributed by atoms with Crippen LogP contribution in [0.1, 0.15) is 56.7 Å². The molecule has 3 aliphatic heterocycles. The number of ether oxygens (including phenoxy) is 1. The second kappa shape index (κ2) is 13.6. The highest BCUT2D eigenvalue weighted by atomic mass is 35.5. The molecule has 13 nitrogen and oxygen atoms in total. The summed E-state index contributed by atoms with van der Waals surface area (Å²) in [5.74, 6) is -2.67. The predicted octanol–water partition coefficient (Wildman–Crippen LogP) is 3.39. The van der Waals surface area contributed by atoms with Crippen molar-refractivity contribution >= 4 is 56.0 Å². The molecule has 0 radical (unpaired) electrons. The Labute approximate surface area is 307 Å². The molecule has 52 heavy (non-hydrogen) atoms. The van der Waals surface area contributed by atoms with Gasteiger partial charge in [-0.15, -0.1) is 0 Å². The van der Waals surface area contributed by atoms with Crippen molar-refractivity contribution < 1.29 is 31.6 Å². The van der Waals surface area contributed by atoms with Crippen LogP contribution in [-0.2, 0) is 27.9 Å². The number of rotatable bonds is 8. The third-order valence-corrected chi connectivity index (χ3v) is 13.0. The highest BCUT2D eigenvalue weighted by Gasteiger charge is 2.51. The van der Waals surface area contributed by atoms with Crippen molar-refractivity contribution in [2.75, 3.05) is 83.9 Å². The van der Waals surface area contributed by atoms with Gasteiger partial charge in [0.25, 0.3) is 11.8 Å². The van der Waals surface area contributed by atoms with Gasteiger partial charge in [0.05, 0.1) is 46.6 Å². The van der Waals surface area contributed by atoms with Gasteiger partial charge in [-0.25, -0.2) is 13.9 Å². The molecule has 3 aromatic rings. The molecule has 1 N–H and O–H groups in total. The number of anilines is 2. The second-order valence-corrected chi connectivity index (χ2v) is 16.9. The maximum absolute atomic E-state index is 15.7. The van der Waals surface area contributed by atoms with E-state index in [9.17, 15) is 22.8 Å². The Kier molecular flexibility index (Phi) is 9.56. The van der Waals surface area contributed by atoms with Crippen LogP contribution < -0.4 is 20.1 Å². The van der Waals surface area contributed by atoms with E-state index in [2.05, 4.69) is 21.6 Å². The molecule has 1 atom stereocenters. The Morgan fingerprint density at radius 1 is 1.12 bits per heavy atom. The number of piperazine rings is 1. The number of fused-ring (bicyclic) bond motifs is 3. The van der Waals surface area contributed by atoms with Gasteiger partial charge in [-0.2, -0.15) is 12.7 Å². The number of carbonyl (C=O) groups is 2. The summed E-state index contributed by atoms with van der Waals surface area (Å²) in [5, 5.41) is 1.06. The smallest absolute Gasteiger partial charge is 0.341 e. The fraction of sp³-hybridized carbons (Fsp3) is 0.528. The van der Waals surface area contributed by atoms with Crippen molar-refractivity contribution in [2.24, 2.45) is 5.41 Å². The van der Waals surface area contributed by atoms with Gasteiger partial charge in [0.1, 0.15) is 11.4 Å². The summed E-state index contributed by atoms with van der Waals surface area (Å²) in [7, 11) is 2.83. The van der Waals surface area contributed by atoms with E-state index in [1.165, 1.54) is 20.2 Å². The number of likely N-dealkylation sites (N-methyl/N-ethyl adjacent to an activating group) is 1. The van der Waals surface area contributed by atoms with Gasteiger partial charge in [0.2, 0.25) is 0 Å². The molecule has 2 aromatic carbocycles. The fourth-order valence-electron chi connectivity index (χ4n) is 8.09. The van der Waals surface area contributed by atoms with E-state index in [-0.39, 0.29) is 53.3 Å². The van der Waals surface area contributed by atoms with E-state index < -0.39 is 33.5 Å². The summed E-state index contributed by atoms with van der Waals surface area (Å²) in [5.41, 5.74) is 2.07. The number of amides is 2. The van der Waals surface area contributed by atoms with Gasteiger partial charge >= 0.3 is 15.8 Å². The molecule has 280 valence electrons. The lowest BCUT2D eigenvalue weighted by atomic mass is 9.65. The van der Waals surface area contributed by atoms with Crippen LogP contribution in [0.25, 0.3) is 11.0 Å². The third kappa shape index (κ3) is 6.33. The summed E-state index contributed by atoms with van der Waals surface area (Å²) in [4.78, 5) is 48.0. The molecule has 2 saturated heterocycles. The molecule has 3 fully saturated rings. The average Bonchev–Trinajstić information content (AvgIpc) is 3.05. The Morgan fingerprint density at radius 3 is 2.50 bits per heavy atom. The number of halogens is 2. The summed E-state index contributed by atoms with van der Waals surface area (Å²) in [6, 6.07) is 4.21. The number of aryl methyl sites for hydroxylation is 1. The van der Waals surface area contributed by atoms with Crippen molar-refractivity contribution in [1.82, 2.24) is 18.8 Å². The van der Waals surface area contributed by atoms with Crippen LogP contribution in [-0.4, -0.2) is 115 Å². The van der Waals surface area contributed by atoms with E-state index in [1.54, 1.807) is 21.2 Å². The van der Waals surface area contributed by atoms with E-state index in [1.807, 2.05) is 13.0 Å². The van der Waals surface area contributed by atoms with Crippen LogP contribution >= 0.6 is 11.6 Å². The number of hydrogen-bond acceptors (Lipinski definition) is 10. The minimum Gasteiger partial charge on any atom is -0.422 e. The van der Waals surface area contributed by atoms with Gasteiger partial charge in [0.15, 0.2) is 0 Å². The summed E-state index contributed by atoms with van der Waals surface area (Å²) < 4.78 is 56.2. The normalized spacial score (nSPS) is 20.4. The number of benzene rings is 2. The molecule has 16 heteroatoms. The summed E-state index contributed by atoms with van der Waals surface area (Å²) in [6.45, 7) is 5.54. The number of nitrogens with one attached hydrogen (secondary N) is 1. The van der Waals surface area contributed by atoms with Gasteiger partial charge < -0.3 is 23.9 Å². The number of methoxy groups -OCH3 is 1. The third-order valence-electron chi connectivity index (χ3n) is 11.3. The number of carbonyl (C=O) groups excluding carboxylic acids is 2. The SMILES string of the molecule is COC[C@H]1CN(c2cc(Cl)c3c4c(c(=O)oc3c2C)CN(C(=O)c2cc(N(C)C)c(C(=O)NS(=O)(=O)N3CC5(CCC5)C3)cc2F)CC4)CCN1C. The first kappa shape index (κ1) is 36.6. The van der Waals surface area contributed by atoms with Crippen molar-refractivity contribution in [2.45, 2.75) is 45.2 Å². The Hall–Kier alpha value is -3.76. The van der Waals surface area contributed by atoms with Gasteiger partial charge in [-0.1, -0.05) is 18.0 Å². The Bertz CT molecular complexity index is 2130. The molecule has 1 aliphatic carbocycles. The molecular weight excluding hydrogens is 715 g/mol. The average molecular weight is 759 g/mol. The minimum atomic E-state index is -4.12. The van der Waals surface area contributed by atoms with E-state index in [4.69, 9.17) is 20.8 Å². The topological polar surface area (TPSA) is 136 Å². The molecule has 7 rings (SSSR count). The van der Waals surface area contributed by atoms with Crippen molar-refractivity contribution in [1.29, 1.82) is 0 Å². The van der Waals surface area contributed by atoms with Crippen LogP contribution in [0.3, 0.4) is 0 Å². The van der Waals surface area contributed by atoms with E-state index in [0.29, 0.717) is 41.3 Å². The first-order chi connectivity index (χ1) is 24.6. The van der Waals surface area contributed by atoms with Crippen molar-refractivity contribution in [3.05, 3.63) is 67.3 Å². The second-order valence-electron chi connectivity index (χ2n) is 14.9. The summed E-state index contributed by atoms with van der Waals surface area (Å²) >= 11 is 6.93. The number of hydrogen-bond donors (Lipinski definition) is 1. The van der Waals surface area contributed by atoms with Gasteiger partial charge in [0, 0.05) is 77.1 Å². The molecule has 0 unspecified atom stereocenters. The van der Waals surface area contributed by atoms with Crippen LogP contribution in [0.4, 0.5) is 15.8 Å². The zero-order chi connectivity index (χ0) is 37.3. The first-order valence-corrected chi connectivity index (χ1v) is 19.3. The zero-order valence-electron chi connectivity index (χ0n) is 30.1. The largest absolute Gasteiger partial charge is 0.422 e. The minimum absolute atomic E-state index is 0.0117.